The molecule has 14 heavy (non-hydrogen) atoms. The van der Waals surface area contributed by atoms with Gasteiger partial charge >= 0.3 is 0 Å². The molecule has 82 valence electrons. The Kier molecular flexibility index (Phi) is 3.74. The molecule has 0 amide bonds. The van der Waals surface area contributed by atoms with Crippen LogP contribution < -0.4 is 0 Å². The van der Waals surface area contributed by atoms with Gasteiger partial charge in [0.2, 0.25) is 0 Å². The van der Waals surface area contributed by atoms with Crippen LogP contribution in [0.3, 0.4) is 0 Å². The number of hydrogen-bond acceptors (Lipinski definition) is 1. The van der Waals surface area contributed by atoms with Crippen LogP contribution in [0.2, 0.25) is 0 Å². The van der Waals surface area contributed by atoms with Gasteiger partial charge in [-0.1, -0.05) is 52.0 Å². The molecule has 0 heterocycles. The van der Waals surface area contributed by atoms with Gasteiger partial charge in [-0.15, -0.1) is 0 Å². The Balaban J connectivity index is 5.04. The summed E-state index contributed by atoms with van der Waals surface area (Å²) < 4.78 is 0. The van der Waals surface area contributed by atoms with Gasteiger partial charge in [-0.25, -0.2) is 0 Å². The topological polar surface area (TPSA) is 20.2 Å². The molecule has 0 radical (unpaired) electrons. The van der Waals surface area contributed by atoms with E-state index in [1.165, 1.54) is 0 Å². The Labute approximate surface area is 88.5 Å². The summed E-state index contributed by atoms with van der Waals surface area (Å²) in [6.45, 7) is 19.8. The third-order valence-corrected chi connectivity index (χ3v) is 3.57. The van der Waals surface area contributed by atoms with Crippen LogP contribution in [0.1, 0.15) is 41.5 Å². The highest BCUT2D eigenvalue weighted by Gasteiger charge is 2.40. The summed E-state index contributed by atoms with van der Waals surface area (Å²) in [5.41, 5.74) is 1.45. The van der Waals surface area contributed by atoms with Gasteiger partial charge in [-0.3, -0.25) is 0 Å². The zero-order valence-corrected chi connectivity index (χ0v) is 10.4. The predicted molar refractivity (Wildman–Crippen MR) is 63.2 cm³/mol. The molecule has 1 nitrogen and oxygen atoms in total. The Morgan fingerprint density at radius 2 is 1.14 bits per heavy atom. The van der Waals surface area contributed by atoms with E-state index in [0.717, 1.165) is 11.1 Å². The van der Waals surface area contributed by atoms with Crippen molar-refractivity contribution in [2.75, 3.05) is 0 Å². The van der Waals surface area contributed by atoms with Crippen LogP contribution in [-0.4, -0.2) is 11.2 Å². The van der Waals surface area contributed by atoms with Crippen molar-refractivity contribution in [2.45, 2.75) is 47.6 Å². The highest BCUT2D eigenvalue weighted by Crippen LogP contribution is 2.41. The van der Waals surface area contributed by atoms with E-state index in [4.69, 9.17) is 0 Å². The van der Waals surface area contributed by atoms with Gasteiger partial charge in [-0.2, -0.15) is 0 Å². The Morgan fingerprint density at radius 1 is 0.929 bits per heavy atom. The molecule has 0 bridgehead atoms. The average molecular weight is 196 g/mol. The highest BCUT2D eigenvalue weighted by molar-refractivity contribution is 5.16. The zero-order valence-electron chi connectivity index (χ0n) is 10.4. The van der Waals surface area contributed by atoms with Crippen LogP contribution in [0.5, 0.6) is 0 Å². The third-order valence-electron chi connectivity index (χ3n) is 3.57. The molecule has 0 aliphatic rings. The fraction of sp³-hybridized carbons (Fsp3) is 0.692. The molecule has 0 saturated heterocycles. The van der Waals surface area contributed by atoms with Crippen molar-refractivity contribution >= 4 is 0 Å². The van der Waals surface area contributed by atoms with E-state index in [0.29, 0.717) is 0 Å². The van der Waals surface area contributed by atoms with Crippen molar-refractivity contribution in [1.82, 2.24) is 0 Å². The number of rotatable bonds is 4. The molecule has 0 aromatic rings. The SMILES string of the molecule is C=C(C)C(C)(C)C(O)C(C)(C)C(=C)C. The van der Waals surface area contributed by atoms with E-state index in [2.05, 4.69) is 13.2 Å². The molecule has 0 spiro atoms. The molecular weight excluding hydrogens is 172 g/mol. The summed E-state index contributed by atoms with van der Waals surface area (Å²) in [4.78, 5) is 0. The minimum atomic E-state index is -0.454. The van der Waals surface area contributed by atoms with Crippen LogP contribution in [0.15, 0.2) is 24.3 Å². The maximum absolute atomic E-state index is 10.3. The van der Waals surface area contributed by atoms with Crippen LogP contribution in [-0.2, 0) is 0 Å². The van der Waals surface area contributed by atoms with E-state index in [-0.39, 0.29) is 10.8 Å². The van der Waals surface area contributed by atoms with E-state index in [9.17, 15) is 5.11 Å². The summed E-state index contributed by atoms with van der Waals surface area (Å²) in [5, 5.41) is 10.3. The monoisotopic (exact) mass is 196 g/mol. The van der Waals surface area contributed by atoms with Crippen LogP contribution in [0.25, 0.3) is 0 Å². The van der Waals surface area contributed by atoms with E-state index >= 15 is 0 Å². The van der Waals surface area contributed by atoms with Crippen molar-refractivity contribution in [1.29, 1.82) is 0 Å². The molecule has 0 atom stereocenters. The predicted octanol–water partition coefficient (Wildman–Crippen LogP) is 3.55. The summed E-state index contributed by atoms with van der Waals surface area (Å²) in [6.07, 6.45) is -0.454. The lowest BCUT2D eigenvalue weighted by Gasteiger charge is -2.42. The molecular formula is C13H24O. The van der Waals surface area contributed by atoms with Gasteiger partial charge in [0.05, 0.1) is 6.10 Å². The summed E-state index contributed by atoms with van der Waals surface area (Å²) in [7, 11) is 0. The van der Waals surface area contributed by atoms with Crippen molar-refractivity contribution in [3.63, 3.8) is 0 Å². The van der Waals surface area contributed by atoms with E-state index in [1.807, 2.05) is 41.5 Å². The van der Waals surface area contributed by atoms with Gasteiger partial charge in [0.1, 0.15) is 0 Å². The van der Waals surface area contributed by atoms with E-state index in [1.54, 1.807) is 0 Å². The molecule has 0 aliphatic heterocycles. The standard InChI is InChI=1S/C13H24O/c1-9(2)12(5,6)11(14)13(7,8)10(3)4/h11,14H,1,3H2,2,4-8H3. The van der Waals surface area contributed by atoms with E-state index < -0.39 is 6.10 Å². The first-order valence-corrected chi connectivity index (χ1v) is 5.04. The number of hydrogen-bond donors (Lipinski definition) is 1. The molecule has 0 aliphatic carbocycles. The van der Waals surface area contributed by atoms with Gasteiger partial charge in [-0.05, 0) is 13.8 Å². The van der Waals surface area contributed by atoms with Gasteiger partial charge in [0.15, 0.2) is 0 Å². The molecule has 1 heteroatoms. The largest absolute Gasteiger partial charge is 0.391 e. The number of aliphatic hydroxyl groups is 1. The lowest BCUT2D eigenvalue weighted by atomic mass is 9.66. The van der Waals surface area contributed by atoms with Crippen molar-refractivity contribution in [2.24, 2.45) is 10.8 Å². The normalized spacial score (nSPS) is 13.1. The first-order chi connectivity index (χ1) is 6.04. The Hall–Kier alpha value is -0.560. The quantitative estimate of drug-likeness (QED) is 0.682. The van der Waals surface area contributed by atoms with Crippen LogP contribution >= 0.6 is 0 Å². The fourth-order valence-corrected chi connectivity index (χ4v) is 1.37. The summed E-state index contributed by atoms with van der Waals surface area (Å²) >= 11 is 0. The Bertz CT molecular complexity index is 220. The van der Waals surface area contributed by atoms with Gasteiger partial charge in [0.25, 0.3) is 0 Å². The second kappa shape index (κ2) is 3.90. The van der Waals surface area contributed by atoms with Gasteiger partial charge < -0.3 is 5.11 Å². The molecule has 0 fully saturated rings. The minimum absolute atomic E-state index is 0.275. The molecule has 0 unspecified atom stereocenters. The van der Waals surface area contributed by atoms with Gasteiger partial charge in [0, 0.05) is 10.8 Å². The average Bonchev–Trinajstić information content (AvgIpc) is 2.02. The smallest absolute Gasteiger partial charge is 0.0715 e. The fourth-order valence-electron chi connectivity index (χ4n) is 1.37. The van der Waals surface area contributed by atoms with Crippen LogP contribution in [0.4, 0.5) is 0 Å². The molecule has 0 rings (SSSR count). The summed E-state index contributed by atoms with van der Waals surface area (Å²) in [5.74, 6) is 0. The lowest BCUT2D eigenvalue weighted by molar-refractivity contribution is -0.00483. The molecule has 0 saturated carbocycles. The highest BCUT2D eigenvalue weighted by atomic mass is 16.3. The minimum Gasteiger partial charge on any atom is -0.391 e. The maximum atomic E-state index is 10.3. The zero-order chi connectivity index (χ0) is 11.7. The summed E-state index contributed by atoms with van der Waals surface area (Å²) in [6, 6.07) is 0. The van der Waals surface area contributed by atoms with Crippen LogP contribution in [0, 0.1) is 10.8 Å². The lowest BCUT2D eigenvalue weighted by Crippen LogP contribution is -2.42. The first-order valence-electron chi connectivity index (χ1n) is 5.04. The Morgan fingerprint density at radius 3 is 1.29 bits per heavy atom. The third kappa shape index (κ3) is 2.27. The van der Waals surface area contributed by atoms with Crippen molar-refractivity contribution in [3.8, 4) is 0 Å². The second-order valence-electron chi connectivity index (χ2n) is 5.41. The molecule has 0 aromatic carbocycles. The maximum Gasteiger partial charge on any atom is 0.0715 e. The molecule has 0 aromatic heterocycles. The van der Waals surface area contributed by atoms with Crippen molar-refractivity contribution < 1.29 is 5.11 Å². The second-order valence-corrected chi connectivity index (χ2v) is 5.41. The first kappa shape index (κ1) is 13.4. The number of aliphatic hydroxyl groups excluding tert-OH is 1. The van der Waals surface area contributed by atoms with Crippen molar-refractivity contribution in [3.05, 3.63) is 24.3 Å². The molecule has 1 N–H and O–H groups in total.